The number of hydrogen-bond donors (Lipinski definition) is 3. The molecule has 0 spiro atoms. The quantitative estimate of drug-likeness (QED) is 0.527. The van der Waals surface area contributed by atoms with Crippen molar-refractivity contribution < 1.29 is 9.32 Å². The van der Waals surface area contributed by atoms with E-state index in [9.17, 15) is 9.59 Å². The van der Waals surface area contributed by atoms with Gasteiger partial charge in [-0.25, -0.2) is 9.97 Å². The van der Waals surface area contributed by atoms with Crippen molar-refractivity contribution in [3.05, 3.63) is 57.9 Å². The summed E-state index contributed by atoms with van der Waals surface area (Å²) in [6.45, 7) is 6.00. The van der Waals surface area contributed by atoms with E-state index in [0.717, 1.165) is 43.3 Å². The zero-order chi connectivity index (χ0) is 21.8. The number of nitrogens with zero attached hydrogens (tertiary/aromatic N) is 5. The molecule has 3 N–H and O–H groups in total. The minimum atomic E-state index is -0.246. The van der Waals surface area contributed by atoms with Gasteiger partial charge in [-0.2, -0.15) is 0 Å². The molecule has 162 valence electrons. The third-order valence-electron chi connectivity index (χ3n) is 5.09. The Morgan fingerprint density at radius 1 is 1.23 bits per heavy atom. The summed E-state index contributed by atoms with van der Waals surface area (Å²) >= 11 is 0. The topological polar surface area (TPSA) is 132 Å². The summed E-state index contributed by atoms with van der Waals surface area (Å²) in [7, 11) is 1.60. The SMILES string of the molecule is CNC(=O)c1ccc(N2CCN(Cc3cc(Nc4nccc(=O)[nH]4)on3)CC2)c(C)n1. The van der Waals surface area contributed by atoms with Crippen LogP contribution in [0.25, 0.3) is 0 Å². The molecule has 4 rings (SSSR count). The van der Waals surface area contributed by atoms with Crippen molar-refractivity contribution in [1.82, 2.24) is 30.3 Å². The molecular formula is C20H24N8O3. The average molecular weight is 424 g/mol. The van der Waals surface area contributed by atoms with Gasteiger partial charge in [0.25, 0.3) is 11.5 Å². The molecule has 0 unspecified atom stereocenters. The van der Waals surface area contributed by atoms with Gasteiger partial charge in [-0.05, 0) is 19.1 Å². The van der Waals surface area contributed by atoms with Gasteiger partial charge in [0.1, 0.15) is 5.69 Å². The molecule has 1 aliphatic heterocycles. The molecule has 1 aliphatic rings. The van der Waals surface area contributed by atoms with E-state index in [1.165, 1.54) is 12.3 Å². The van der Waals surface area contributed by atoms with Crippen LogP contribution in [-0.4, -0.2) is 64.1 Å². The second-order valence-electron chi connectivity index (χ2n) is 7.23. The molecule has 31 heavy (non-hydrogen) atoms. The molecule has 0 atom stereocenters. The molecule has 11 heteroatoms. The van der Waals surface area contributed by atoms with E-state index in [0.29, 0.717) is 24.1 Å². The third-order valence-corrected chi connectivity index (χ3v) is 5.09. The Hall–Kier alpha value is -3.73. The second-order valence-corrected chi connectivity index (χ2v) is 7.23. The summed E-state index contributed by atoms with van der Waals surface area (Å²) in [6.07, 6.45) is 1.42. The van der Waals surface area contributed by atoms with Crippen LogP contribution in [0.2, 0.25) is 0 Å². The number of pyridine rings is 1. The van der Waals surface area contributed by atoms with Crippen LogP contribution in [0.5, 0.6) is 0 Å². The van der Waals surface area contributed by atoms with E-state index in [1.54, 1.807) is 19.2 Å². The van der Waals surface area contributed by atoms with E-state index < -0.39 is 0 Å². The Morgan fingerprint density at radius 2 is 2.03 bits per heavy atom. The molecular weight excluding hydrogens is 400 g/mol. The van der Waals surface area contributed by atoms with Crippen LogP contribution in [0.3, 0.4) is 0 Å². The summed E-state index contributed by atoms with van der Waals surface area (Å²) in [6, 6.07) is 6.85. The summed E-state index contributed by atoms with van der Waals surface area (Å²) < 4.78 is 5.29. The molecule has 0 saturated carbocycles. The predicted molar refractivity (Wildman–Crippen MR) is 114 cm³/mol. The minimum absolute atomic E-state index is 0.185. The number of aromatic nitrogens is 4. The van der Waals surface area contributed by atoms with E-state index >= 15 is 0 Å². The maximum atomic E-state index is 11.8. The molecule has 11 nitrogen and oxygen atoms in total. The lowest BCUT2D eigenvalue weighted by Crippen LogP contribution is -2.46. The normalized spacial score (nSPS) is 14.5. The largest absolute Gasteiger partial charge is 0.368 e. The highest BCUT2D eigenvalue weighted by Crippen LogP contribution is 2.21. The van der Waals surface area contributed by atoms with Crippen molar-refractivity contribution in [2.75, 3.05) is 43.4 Å². The van der Waals surface area contributed by atoms with E-state index in [1.807, 2.05) is 13.0 Å². The average Bonchev–Trinajstić information content (AvgIpc) is 3.20. The Bertz CT molecular complexity index is 1120. The molecule has 1 fully saturated rings. The predicted octanol–water partition coefficient (Wildman–Crippen LogP) is 0.887. The van der Waals surface area contributed by atoms with Crippen LogP contribution in [0.4, 0.5) is 17.5 Å². The van der Waals surface area contributed by atoms with Gasteiger partial charge in [-0.15, -0.1) is 0 Å². The maximum absolute atomic E-state index is 11.8. The number of carbonyl (C=O) groups is 1. The van der Waals surface area contributed by atoms with Gasteiger partial charge in [0, 0.05) is 58.1 Å². The Labute approximate surface area is 178 Å². The van der Waals surface area contributed by atoms with Crippen LogP contribution in [-0.2, 0) is 6.54 Å². The van der Waals surface area contributed by atoms with Gasteiger partial charge in [-0.1, -0.05) is 5.16 Å². The molecule has 4 heterocycles. The molecule has 0 aromatic carbocycles. The van der Waals surface area contributed by atoms with Crippen LogP contribution in [0.15, 0.2) is 39.8 Å². The number of rotatable bonds is 6. The van der Waals surface area contributed by atoms with Crippen LogP contribution >= 0.6 is 0 Å². The maximum Gasteiger partial charge on any atom is 0.269 e. The van der Waals surface area contributed by atoms with Crippen LogP contribution < -0.4 is 21.1 Å². The number of nitrogens with one attached hydrogen (secondary N) is 3. The van der Waals surface area contributed by atoms with Gasteiger partial charge in [-0.3, -0.25) is 24.8 Å². The number of aromatic amines is 1. The van der Waals surface area contributed by atoms with Crippen LogP contribution in [0, 0.1) is 6.92 Å². The number of anilines is 3. The Morgan fingerprint density at radius 3 is 2.74 bits per heavy atom. The van der Waals surface area contributed by atoms with Crippen molar-refractivity contribution >= 4 is 23.4 Å². The van der Waals surface area contributed by atoms with Crippen LogP contribution in [0.1, 0.15) is 21.9 Å². The Balaban J connectivity index is 1.32. The summed E-state index contributed by atoms with van der Waals surface area (Å²) in [5, 5.41) is 9.59. The van der Waals surface area contributed by atoms with Crippen molar-refractivity contribution in [2.45, 2.75) is 13.5 Å². The lowest BCUT2D eigenvalue weighted by atomic mass is 10.2. The number of H-pyrrole nitrogens is 1. The van der Waals surface area contributed by atoms with Crippen molar-refractivity contribution in [3.63, 3.8) is 0 Å². The molecule has 3 aromatic heterocycles. The molecule has 0 bridgehead atoms. The van der Waals surface area contributed by atoms with E-state index in [-0.39, 0.29) is 11.5 Å². The number of amides is 1. The highest BCUT2D eigenvalue weighted by Gasteiger charge is 2.21. The minimum Gasteiger partial charge on any atom is -0.368 e. The molecule has 0 radical (unpaired) electrons. The summed E-state index contributed by atoms with van der Waals surface area (Å²) in [4.78, 5) is 38.7. The number of hydrogen-bond acceptors (Lipinski definition) is 9. The lowest BCUT2D eigenvalue weighted by molar-refractivity contribution is 0.0958. The van der Waals surface area contributed by atoms with Crippen molar-refractivity contribution in [3.8, 4) is 0 Å². The molecule has 1 amide bonds. The molecule has 3 aromatic rings. The second kappa shape index (κ2) is 8.96. The monoisotopic (exact) mass is 424 g/mol. The van der Waals surface area contributed by atoms with Gasteiger partial charge in [0.05, 0.1) is 17.1 Å². The standard InChI is InChI=1S/C20H24N8O3/c1-13-16(4-3-15(23-13)19(30)21-2)28-9-7-27(8-10-28)12-14-11-18(31-26-14)25-20-22-6-5-17(29)24-20/h3-6,11H,7-10,12H2,1-2H3,(H,21,30)(H2,22,24,25,29). The fourth-order valence-corrected chi connectivity index (χ4v) is 3.51. The fourth-order valence-electron chi connectivity index (χ4n) is 3.51. The first-order valence-electron chi connectivity index (χ1n) is 9.97. The fraction of sp³-hybridized carbons (Fsp3) is 0.350. The van der Waals surface area contributed by atoms with Gasteiger partial charge >= 0.3 is 0 Å². The Kier molecular flexibility index (Phi) is 5.94. The van der Waals surface area contributed by atoms with E-state index in [4.69, 9.17) is 4.52 Å². The zero-order valence-corrected chi connectivity index (χ0v) is 17.4. The first-order chi connectivity index (χ1) is 15.0. The molecule has 0 aliphatic carbocycles. The van der Waals surface area contributed by atoms with E-state index in [2.05, 4.69) is 40.5 Å². The first-order valence-corrected chi connectivity index (χ1v) is 9.97. The number of carbonyl (C=O) groups excluding carboxylic acids is 1. The molecule has 1 saturated heterocycles. The lowest BCUT2D eigenvalue weighted by Gasteiger charge is -2.36. The van der Waals surface area contributed by atoms with Gasteiger partial charge in [0.15, 0.2) is 0 Å². The highest BCUT2D eigenvalue weighted by atomic mass is 16.5. The third kappa shape index (κ3) is 4.89. The number of aryl methyl sites for hydroxylation is 1. The van der Waals surface area contributed by atoms with Gasteiger partial charge in [0.2, 0.25) is 11.8 Å². The first kappa shape index (κ1) is 20.5. The van der Waals surface area contributed by atoms with Gasteiger partial charge < -0.3 is 14.7 Å². The summed E-state index contributed by atoms with van der Waals surface area (Å²) in [5.74, 6) is 0.534. The smallest absolute Gasteiger partial charge is 0.269 e. The zero-order valence-electron chi connectivity index (χ0n) is 17.4. The highest BCUT2D eigenvalue weighted by molar-refractivity contribution is 5.92. The van der Waals surface area contributed by atoms with Crippen molar-refractivity contribution in [1.29, 1.82) is 0 Å². The van der Waals surface area contributed by atoms with Crippen molar-refractivity contribution in [2.24, 2.45) is 0 Å². The number of piperazine rings is 1. The summed E-state index contributed by atoms with van der Waals surface area (Å²) in [5.41, 5.74) is 2.86.